The minimum atomic E-state index is -4.44. The molecule has 3 aromatic rings. The maximum absolute atomic E-state index is 12.6. The summed E-state index contributed by atoms with van der Waals surface area (Å²) in [6.45, 7) is 4.16. The second-order valence-corrected chi connectivity index (χ2v) is 7.83. The van der Waals surface area contributed by atoms with E-state index in [0.717, 1.165) is 27.9 Å². The summed E-state index contributed by atoms with van der Waals surface area (Å²) in [6.07, 6.45) is 0.135. The zero-order valence-corrected chi connectivity index (χ0v) is 19.3. The standard InChI is InChI=1S/C24H21BrF3N3O2/c1-3-4-18-11-17(13-30-31-22-10-7-19(14-29-22)24(26,27)28)12-21(32-2)23(18)33-15-16-5-8-20(25)9-6-16/h3,5-14H,1,4,15H2,2H3,(H,29,31)/b30-13-. The van der Waals surface area contributed by atoms with Crippen molar-refractivity contribution >= 4 is 28.0 Å². The number of ether oxygens (including phenoxy) is 2. The van der Waals surface area contributed by atoms with Crippen LogP contribution in [-0.2, 0) is 19.2 Å². The van der Waals surface area contributed by atoms with Gasteiger partial charge in [-0.25, -0.2) is 4.98 Å². The number of nitrogens with one attached hydrogen (secondary N) is 1. The van der Waals surface area contributed by atoms with Crippen molar-refractivity contribution in [2.24, 2.45) is 5.10 Å². The van der Waals surface area contributed by atoms with E-state index in [9.17, 15) is 13.2 Å². The third kappa shape index (κ3) is 6.82. The molecule has 0 bridgehead atoms. The molecule has 0 aliphatic heterocycles. The maximum atomic E-state index is 12.6. The molecule has 33 heavy (non-hydrogen) atoms. The van der Waals surface area contributed by atoms with Crippen molar-refractivity contribution in [3.8, 4) is 11.5 Å². The van der Waals surface area contributed by atoms with Crippen LogP contribution in [0.15, 0.2) is 77.0 Å². The molecule has 0 amide bonds. The fraction of sp³-hybridized carbons (Fsp3) is 0.167. The van der Waals surface area contributed by atoms with Gasteiger partial charge in [0, 0.05) is 16.2 Å². The first kappa shape index (κ1) is 24.3. The van der Waals surface area contributed by atoms with Crippen LogP contribution in [-0.4, -0.2) is 18.3 Å². The molecule has 1 aromatic heterocycles. The maximum Gasteiger partial charge on any atom is 0.417 e. The highest BCUT2D eigenvalue weighted by Gasteiger charge is 2.30. The van der Waals surface area contributed by atoms with Crippen LogP contribution in [0.2, 0.25) is 0 Å². The molecule has 1 N–H and O–H groups in total. The fourth-order valence-electron chi connectivity index (χ4n) is 2.92. The molecule has 1 heterocycles. The zero-order chi connectivity index (χ0) is 23.8. The number of allylic oxidation sites excluding steroid dienone is 1. The predicted octanol–water partition coefficient (Wildman–Crippen LogP) is 6.63. The van der Waals surface area contributed by atoms with Crippen molar-refractivity contribution in [1.29, 1.82) is 0 Å². The van der Waals surface area contributed by atoms with Crippen molar-refractivity contribution in [3.63, 3.8) is 0 Å². The van der Waals surface area contributed by atoms with Crippen LogP contribution in [0.4, 0.5) is 19.0 Å². The second kappa shape index (κ2) is 11.0. The smallest absolute Gasteiger partial charge is 0.417 e. The summed E-state index contributed by atoms with van der Waals surface area (Å²) >= 11 is 3.41. The highest BCUT2D eigenvalue weighted by Crippen LogP contribution is 2.34. The molecule has 172 valence electrons. The molecule has 0 unspecified atom stereocenters. The van der Waals surface area contributed by atoms with Crippen LogP contribution in [0.1, 0.15) is 22.3 Å². The van der Waals surface area contributed by atoms with Crippen molar-refractivity contribution in [3.05, 3.63) is 94.1 Å². The van der Waals surface area contributed by atoms with Crippen LogP contribution < -0.4 is 14.9 Å². The largest absolute Gasteiger partial charge is 0.493 e. The highest BCUT2D eigenvalue weighted by molar-refractivity contribution is 9.10. The quantitative estimate of drug-likeness (QED) is 0.196. The summed E-state index contributed by atoms with van der Waals surface area (Å²) in [5.41, 5.74) is 4.36. The minimum absolute atomic E-state index is 0.187. The lowest BCUT2D eigenvalue weighted by atomic mass is 10.1. The van der Waals surface area contributed by atoms with Gasteiger partial charge in [0.25, 0.3) is 0 Å². The number of nitrogens with zero attached hydrogens (tertiary/aromatic N) is 2. The van der Waals surface area contributed by atoms with E-state index in [1.54, 1.807) is 19.3 Å². The molecule has 0 saturated heterocycles. The molecule has 2 aromatic carbocycles. The average Bonchev–Trinajstić information content (AvgIpc) is 2.79. The summed E-state index contributed by atoms with van der Waals surface area (Å²) in [4.78, 5) is 3.72. The Bertz CT molecular complexity index is 1120. The third-order valence-corrected chi connectivity index (χ3v) is 5.05. The Balaban J connectivity index is 1.76. The van der Waals surface area contributed by atoms with E-state index in [1.807, 2.05) is 30.3 Å². The monoisotopic (exact) mass is 519 g/mol. The summed E-state index contributed by atoms with van der Waals surface area (Å²) in [6, 6.07) is 13.6. The van der Waals surface area contributed by atoms with Crippen LogP contribution >= 0.6 is 15.9 Å². The van der Waals surface area contributed by atoms with Gasteiger partial charge in [0.1, 0.15) is 12.4 Å². The lowest BCUT2D eigenvalue weighted by Gasteiger charge is -2.16. The molecule has 0 saturated carbocycles. The molecule has 3 rings (SSSR count). The number of pyridine rings is 1. The number of anilines is 1. The molecule has 0 spiro atoms. The lowest BCUT2D eigenvalue weighted by molar-refractivity contribution is -0.137. The number of halogens is 4. The van der Waals surface area contributed by atoms with Gasteiger partial charge in [-0.15, -0.1) is 6.58 Å². The number of methoxy groups -OCH3 is 1. The van der Waals surface area contributed by atoms with Gasteiger partial charge in [-0.3, -0.25) is 5.43 Å². The lowest BCUT2D eigenvalue weighted by Crippen LogP contribution is -2.05. The number of alkyl halides is 3. The Morgan fingerprint density at radius 2 is 1.91 bits per heavy atom. The molecular formula is C24H21BrF3N3O2. The van der Waals surface area contributed by atoms with Gasteiger partial charge in [-0.05, 0) is 53.9 Å². The van der Waals surface area contributed by atoms with Crippen molar-refractivity contribution in [2.45, 2.75) is 19.2 Å². The van der Waals surface area contributed by atoms with Gasteiger partial charge in [0.15, 0.2) is 11.5 Å². The van der Waals surface area contributed by atoms with Gasteiger partial charge >= 0.3 is 6.18 Å². The number of aromatic nitrogens is 1. The number of benzene rings is 2. The SMILES string of the molecule is C=CCc1cc(/C=N\Nc2ccc(C(F)(F)F)cn2)cc(OC)c1OCc1ccc(Br)cc1. The van der Waals surface area contributed by atoms with Crippen LogP contribution in [0, 0.1) is 0 Å². The normalized spacial score (nSPS) is 11.4. The van der Waals surface area contributed by atoms with Crippen molar-refractivity contribution in [1.82, 2.24) is 4.98 Å². The van der Waals surface area contributed by atoms with E-state index >= 15 is 0 Å². The van der Waals surface area contributed by atoms with E-state index < -0.39 is 11.7 Å². The Morgan fingerprint density at radius 3 is 2.52 bits per heavy atom. The predicted molar refractivity (Wildman–Crippen MR) is 126 cm³/mol. The Hall–Kier alpha value is -3.33. The third-order valence-electron chi connectivity index (χ3n) is 4.52. The first-order chi connectivity index (χ1) is 15.8. The number of hydrogen-bond acceptors (Lipinski definition) is 5. The Kier molecular flexibility index (Phi) is 8.11. The van der Waals surface area contributed by atoms with Gasteiger partial charge in [-0.2, -0.15) is 18.3 Å². The molecular weight excluding hydrogens is 499 g/mol. The average molecular weight is 520 g/mol. The van der Waals surface area contributed by atoms with Crippen LogP contribution in [0.3, 0.4) is 0 Å². The molecule has 0 fully saturated rings. The van der Waals surface area contributed by atoms with Gasteiger partial charge in [-0.1, -0.05) is 34.1 Å². The summed E-state index contributed by atoms with van der Waals surface area (Å²) in [7, 11) is 1.55. The second-order valence-electron chi connectivity index (χ2n) is 6.92. The Morgan fingerprint density at radius 1 is 1.15 bits per heavy atom. The van der Waals surface area contributed by atoms with E-state index in [4.69, 9.17) is 9.47 Å². The Labute approximate surface area is 198 Å². The van der Waals surface area contributed by atoms with Gasteiger partial charge < -0.3 is 9.47 Å². The number of hydrazone groups is 1. The topological polar surface area (TPSA) is 55.7 Å². The van der Waals surface area contributed by atoms with Crippen molar-refractivity contribution < 1.29 is 22.6 Å². The summed E-state index contributed by atoms with van der Waals surface area (Å²) in [5.74, 6) is 1.32. The summed E-state index contributed by atoms with van der Waals surface area (Å²) in [5, 5.41) is 4.07. The summed E-state index contributed by atoms with van der Waals surface area (Å²) < 4.78 is 50.5. The van der Waals surface area contributed by atoms with Crippen LogP contribution in [0.5, 0.6) is 11.5 Å². The first-order valence-corrected chi connectivity index (χ1v) is 10.6. The van der Waals surface area contributed by atoms with Crippen LogP contribution in [0.25, 0.3) is 0 Å². The van der Waals surface area contributed by atoms with E-state index in [-0.39, 0.29) is 5.82 Å². The number of hydrogen-bond donors (Lipinski definition) is 1. The molecule has 9 heteroatoms. The molecule has 0 aliphatic rings. The van der Waals surface area contributed by atoms with Crippen molar-refractivity contribution in [2.75, 3.05) is 12.5 Å². The highest BCUT2D eigenvalue weighted by atomic mass is 79.9. The van der Waals surface area contributed by atoms with Gasteiger partial charge in [0.2, 0.25) is 0 Å². The van der Waals surface area contributed by atoms with Gasteiger partial charge in [0.05, 0.1) is 18.9 Å². The van der Waals surface area contributed by atoms with E-state index in [2.05, 4.69) is 38.0 Å². The van der Waals surface area contributed by atoms with E-state index in [1.165, 1.54) is 12.3 Å². The molecule has 5 nitrogen and oxygen atoms in total. The van der Waals surface area contributed by atoms with E-state index in [0.29, 0.717) is 30.1 Å². The molecule has 0 aliphatic carbocycles. The molecule has 0 atom stereocenters. The number of rotatable bonds is 9. The first-order valence-electron chi connectivity index (χ1n) is 9.81. The fourth-order valence-corrected chi connectivity index (χ4v) is 3.18. The minimum Gasteiger partial charge on any atom is -0.493 e. The zero-order valence-electron chi connectivity index (χ0n) is 17.7. The molecule has 0 radical (unpaired) electrons.